The van der Waals surface area contributed by atoms with Gasteiger partial charge in [-0.15, -0.1) is 37.2 Å². The quantitative estimate of drug-likeness (QED) is 0.860. The highest BCUT2D eigenvalue weighted by Crippen LogP contribution is 2.09. The van der Waals surface area contributed by atoms with Gasteiger partial charge < -0.3 is 10.6 Å². The summed E-state index contributed by atoms with van der Waals surface area (Å²) in [6, 6.07) is 3.40. The van der Waals surface area contributed by atoms with E-state index in [1.54, 1.807) is 12.1 Å². The van der Waals surface area contributed by atoms with E-state index in [9.17, 15) is 4.79 Å². The van der Waals surface area contributed by atoms with Gasteiger partial charge in [0.05, 0.1) is 11.6 Å². The lowest BCUT2D eigenvalue weighted by molar-refractivity contribution is -0.117. The summed E-state index contributed by atoms with van der Waals surface area (Å²) in [4.78, 5) is 17.8. The topological polar surface area (TPSA) is 57.3 Å². The first kappa shape index (κ1) is 22.0. The number of piperazine rings is 1. The Morgan fingerprint density at radius 1 is 1.30 bits per heavy atom. The molecule has 9 heteroatoms. The number of carbonyl (C=O) groups is 1. The van der Waals surface area contributed by atoms with Gasteiger partial charge >= 0.3 is 0 Å². The molecule has 0 unspecified atom stereocenters. The molecule has 0 atom stereocenters. The van der Waals surface area contributed by atoms with Crippen molar-refractivity contribution in [2.24, 2.45) is 0 Å². The normalized spacial score (nSPS) is 14.2. The molecule has 116 valence electrons. The summed E-state index contributed by atoms with van der Waals surface area (Å²) in [5.41, 5.74) is 0. The molecule has 20 heavy (non-hydrogen) atoms. The summed E-state index contributed by atoms with van der Waals surface area (Å²) in [6.45, 7) is 4.09. The van der Waals surface area contributed by atoms with Crippen LogP contribution < -0.4 is 10.6 Å². The fraction of sp³-hybridized carbons (Fsp3) is 0.455. The Hall–Kier alpha value is -0.300. The van der Waals surface area contributed by atoms with Gasteiger partial charge in [0.1, 0.15) is 5.82 Å². The summed E-state index contributed by atoms with van der Waals surface area (Å²) < 4.78 is 0. The second-order valence-electron chi connectivity index (χ2n) is 3.94. The van der Waals surface area contributed by atoms with E-state index in [1.807, 2.05) is 0 Å². The molecule has 0 spiro atoms. The van der Waals surface area contributed by atoms with E-state index in [0.717, 1.165) is 26.2 Å². The van der Waals surface area contributed by atoms with Crippen molar-refractivity contribution in [3.05, 3.63) is 23.4 Å². The van der Waals surface area contributed by atoms with Crippen molar-refractivity contribution >= 4 is 60.5 Å². The van der Waals surface area contributed by atoms with Crippen molar-refractivity contribution in [2.45, 2.75) is 0 Å². The second kappa shape index (κ2) is 11.4. The average Bonchev–Trinajstić information content (AvgIpc) is 2.33. The largest absolute Gasteiger partial charge is 0.314 e. The molecule has 1 aliphatic rings. The van der Waals surface area contributed by atoms with Crippen LogP contribution in [0.5, 0.6) is 0 Å². The standard InChI is InChI=1S/C11H15ClN4O.3ClH/c12-9-1-2-10(14-7-9)15-11(17)8-16-5-3-13-4-6-16;;;/h1-2,7,13H,3-6,8H2,(H,14,15,17);3*1H. The summed E-state index contributed by atoms with van der Waals surface area (Å²) in [6.07, 6.45) is 1.52. The molecule has 1 aromatic rings. The lowest BCUT2D eigenvalue weighted by Crippen LogP contribution is -2.46. The highest BCUT2D eigenvalue weighted by Gasteiger charge is 2.13. The van der Waals surface area contributed by atoms with Crippen LogP contribution in [0.2, 0.25) is 5.02 Å². The molecule has 0 aromatic carbocycles. The van der Waals surface area contributed by atoms with E-state index in [4.69, 9.17) is 11.6 Å². The van der Waals surface area contributed by atoms with Gasteiger partial charge in [0.2, 0.25) is 5.91 Å². The molecule has 1 aliphatic heterocycles. The molecule has 1 amide bonds. The smallest absolute Gasteiger partial charge is 0.239 e. The van der Waals surface area contributed by atoms with Crippen LogP contribution in [0.15, 0.2) is 18.3 Å². The Kier molecular flexibility index (Phi) is 12.5. The summed E-state index contributed by atoms with van der Waals surface area (Å²) in [5.74, 6) is 0.497. The Morgan fingerprint density at radius 2 is 1.95 bits per heavy atom. The zero-order valence-corrected chi connectivity index (χ0v) is 13.9. The molecule has 2 N–H and O–H groups in total. The lowest BCUT2D eigenvalue weighted by atomic mass is 10.3. The predicted molar refractivity (Wildman–Crippen MR) is 88.9 cm³/mol. The first-order valence-electron chi connectivity index (χ1n) is 5.58. The predicted octanol–water partition coefficient (Wildman–Crippen LogP) is 1.84. The highest BCUT2D eigenvalue weighted by atomic mass is 35.5. The van der Waals surface area contributed by atoms with Gasteiger partial charge in [-0.25, -0.2) is 4.98 Å². The maximum atomic E-state index is 11.7. The van der Waals surface area contributed by atoms with Crippen LogP contribution in [0.25, 0.3) is 0 Å². The molecule has 1 fully saturated rings. The molecular weight excluding hydrogens is 346 g/mol. The number of halogens is 4. The first-order chi connectivity index (χ1) is 8.24. The zero-order valence-electron chi connectivity index (χ0n) is 10.7. The Labute approximate surface area is 142 Å². The highest BCUT2D eigenvalue weighted by molar-refractivity contribution is 6.30. The van der Waals surface area contributed by atoms with Gasteiger partial charge in [0, 0.05) is 32.4 Å². The van der Waals surface area contributed by atoms with Crippen molar-refractivity contribution < 1.29 is 4.79 Å². The van der Waals surface area contributed by atoms with Gasteiger partial charge in [0.25, 0.3) is 0 Å². The Morgan fingerprint density at radius 3 is 2.50 bits per heavy atom. The SMILES string of the molecule is Cl.Cl.Cl.O=C(CN1CCNCC1)Nc1ccc(Cl)cn1. The number of carbonyl (C=O) groups excluding carboxylic acids is 1. The van der Waals surface area contributed by atoms with E-state index in [1.165, 1.54) is 6.20 Å². The van der Waals surface area contributed by atoms with Crippen LogP contribution in [-0.4, -0.2) is 48.5 Å². The number of anilines is 1. The molecule has 2 rings (SSSR count). The first-order valence-corrected chi connectivity index (χ1v) is 5.96. The number of nitrogens with zero attached hydrogens (tertiary/aromatic N) is 2. The van der Waals surface area contributed by atoms with E-state index in [0.29, 0.717) is 17.4 Å². The van der Waals surface area contributed by atoms with Crippen LogP contribution in [-0.2, 0) is 4.79 Å². The van der Waals surface area contributed by atoms with Crippen LogP contribution >= 0.6 is 48.8 Å². The van der Waals surface area contributed by atoms with Crippen LogP contribution in [0.3, 0.4) is 0 Å². The van der Waals surface area contributed by atoms with Crippen molar-refractivity contribution in [2.75, 3.05) is 38.0 Å². The van der Waals surface area contributed by atoms with Crippen LogP contribution in [0.4, 0.5) is 5.82 Å². The monoisotopic (exact) mass is 362 g/mol. The van der Waals surface area contributed by atoms with Crippen molar-refractivity contribution in [3.8, 4) is 0 Å². The molecule has 0 radical (unpaired) electrons. The number of rotatable bonds is 3. The molecule has 0 saturated carbocycles. The number of pyridine rings is 1. The Bertz CT molecular complexity index is 385. The summed E-state index contributed by atoms with van der Waals surface area (Å²) >= 11 is 5.71. The summed E-state index contributed by atoms with van der Waals surface area (Å²) in [7, 11) is 0. The minimum Gasteiger partial charge on any atom is -0.314 e. The summed E-state index contributed by atoms with van der Waals surface area (Å²) in [5, 5.41) is 6.55. The molecule has 0 aliphatic carbocycles. The lowest BCUT2D eigenvalue weighted by Gasteiger charge is -2.26. The fourth-order valence-corrected chi connectivity index (χ4v) is 1.82. The van der Waals surface area contributed by atoms with Crippen LogP contribution in [0, 0.1) is 0 Å². The minimum atomic E-state index is -0.0401. The third kappa shape index (κ3) is 7.47. The molecule has 2 heterocycles. The molecular formula is C11H18Cl4N4O. The minimum absolute atomic E-state index is 0. The van der Waals surface area contributed by atoms with Crippen molar-refractivity contribution in [1.29, 1.82) is 0 Å². The van der Waals surface area contributed by atoms with E-state index < -0.39 is 0 Å². The third-order valence-electron chi connectivity index (χ3n) is 2.57. The van der Waals surface area contributed by atoms with Gasteiger partial charge in [-0.1, -0.05) is 11.6 Å². The zero-order chi connectivity index (χ0) is 12.1. The maximum absolute atomic E-state index is 11.7. The van der Waals surface area contributed by atoms with Crippen molar-refractivity contribution in [1.82, 2.24) is 15.2 Å². The van der Waals surface area contributed by atoms with E-state index in [-0.39, 0.29) is 43.1 Å². The van der Waals surface area contributed by atoms with E-state index in [2.05, 4.69) is 20.5 Å². The van der Waals surface area contributed by atoms with Gasteiger partial charge in [-0.3, -0.25) is 9.69 Å². The fourth-order valence-electron chi connectivity index (χ4n) is 1.70. The number of aromatic nitrogens is 1. The van der Waals surface area contributed by atoms with Crippen molar-refractivity contribution in [3.63, 3.8) is 0 Å². The van der Waals surface area contributed by atoms with E-state index >= 15 is 0 Å². The number of nitrogens with one attached hydrogen (secondary N) is 2. The Balaban J connectivity index is 0. The molecule has 1 saturated heterocycles. The number of amides is 1. The molecule has 1 aromatic heterocycles. The average molecular weight is 364 g/mol. The van der Waals surface area contributed by atoms with Gasteiger partial charge in [-0.05, 0) is 12.1 Å². The maximum Gasteiger partial charge on any atom is 0.239 e. The van der Waals surface area contributed by atoms with Gasteiger partial charge in [0.15, 0.2) is 0 Å². The molecule has 5 nitrogen and oxygen atoms in total. The number of hydrogen-bond donors (Lipinski definition) is 2. The third-order valence-corrected chi connectivity index (χ3v) is 2.80. The number of hydrogen-bond acceptors (Lipinski definition) is 4. The van der Waals surface area contributed by atoms with Crippen LogP contribution in [0.1, 0.15) is 0 Å². The molecule has 0 bridgehead atoms. The van der Waals surface area contributed by atoms with Gasteiger partial charge in [-0.2, -0.15) is 0 Å². The second-order valence-corrected chi connectivity index (χ2v) is 4.37.